The van der Waals surface area contributed by atoms with Gasteiger partial charge in [0, 0.05) is 37.8 Å². The number of rotatable bonds is 4. The third kappa shape index (κ3) is 4.30. The molecule has 1 heterocycles. The molecule has 2 rings (SSSR count). The van der Waals surface area contributed by atoms with E-state index in [2.05, 4.69) is 15.9 Å². The van der Waals surface area contributed by atoms with Gasteiger partial charge >= 0.3 is 0 Å². The van der Waals surface area contributed by atoms with Crippen LogP contribution in [0.4, 0.5) is 0 Å². The van der Waals surface area contributed by atoms with E-state index in [4.69, 9.17) is 4.74 Å². The highest BCUT2D eigenvalue weighted by atomic mass is 79.9. The average molecular weight is 369 g/mol. The monoisotopic (exact) mass is 368 g/mol. The van der Waals surface area contributed by atoms with Crippen molar-refractivity contribution in [1.82, 2.24) is 9.80 Å². The van der Waals surface area contributed by atoms with Gasteiger partial charge in [-0.25, -0.2) is 0 Å². The Hall–Kier alpha value is -1.40. The number of hydrogen-bond acceptors (Lipinski definition) is 3. The second kappa shape index (κ2) is 8.29. The Morgan fingerprint density at radius 1 is 1.14 bits per heavy atom. The minimum Gasteiger partial charge on any atom is -0.384 e. The van der Waals surface area contributed by atoms with Crippen LogP contribution in [0.25, 0.3) is 0 Å². The molecule has 0 radical (unpaired) electrons. The van der Waals surface area contributed by atoms with E-state index < -0.39 is 0 Å². The van der Waals surface area contributed by atoms with Crippen LogP contribution >= 0.6 is 15.9 Å². The number of ether oxygens (including phenoxy) is 1. The topological polar surface area (TPSA) is 49.9 Å². The molecule has 0 saturated carbocycles. The summed E-state index contributed by atoms with van der Waals surface area (Å²) in [7, 11) is 1.59. The van der Waals surface area contributed by atoms with Gasteiger partial charge in [0.1, 0.15) is 0 Å². The Balaban J connectivity index is 1.97. The third-order valence-electron chi connectivity index (χ3n) is 3.76. The normalized spacial score (nSPS) is 15.5. The molecule has 6 heteroatoms. The lowest BCUT2D eigenvalue weighted by molar-refractivity contribution is -0.132. The van der Waals surface area contributed by atoms with Crippen molar-refractivity contribution in [2.75, 3.05) is 39.9 Å². The minimum absolute atomic E-state index is 0.0127. The summed E-state index contributed by atoms with van der Waals surface area (Å²) in [6.45, 7) is 2.96. The summed E-state index contributed by atoms with van der Waals surface area (Å²) in [5.74, 6) is 0.107. The highest BCUT2D eigenvalue weighted by molar-refractivity contribution is 9.10. The number of hydrogen-bond donors (Lipinski definition) is 0. The molecule has 120 valence electrons. The first-order valence-corrected chi connectivity index (χ1v) is 8.23. The lowest BCUT2D eigenvalue weighted by Crippen LogP contribution is -2.37. The number of methoxy groups -OCH3 is 1. The summed E-state index contributed by atoms with van der Waals surface area (Å²) in [5, 5.41) is 0. The van der Waals surface area contributed by atoms with Gasteiger partial charge in [0.25, 0.3) is 5.91 Å². The molecule has 0 aliphatic carbocycles. The summed E-state index contributed by atoms with van der Waals surface area (Å²) in [6, 6.07) is 7.43. The van der Waals surface area contributed by atoms with Crippen LogP contribution in [-0.4, -0.2) is 61.5 Å². The molecular weight excluding hydrogens is 348 g/mol. The summed E-state index contributed by atoms with van der Waals surface area (Å²) >= 11 is 3.42. The van der Waals surface area contributed by atoms with Crippen molar-refractivity contribution < 1.29 is 14.3 Å². The van der Waals surface area contributed by atoms with Crippen LogP contribution in [0.5, 0.6) is 0 Å². The lowest BCUT2D eigenvalue weighted by Gasteiger charge is -2.22. The molecule has 0 atom stereocenters. The van der Waals surface area contributed by atoms with Gasteiger partial charge in [-0.1, -0.05) is 12.1 Å². The van der Waals surface area contributed by atoms with Gasteiger partial charge in [-0.3, -0.25) is 9.59 Å². The second-order valence-corrected chi connectivity index (χ2v) is 6.10. The lowest BCUT2D eigenvalue weighted by atomic mass is 10.2. The molecule has 1 fully saturated rings. The van der Waals surface area contributed by atoms with Crippen molar-refractivity contribution in [3.8, 4) is 0 Å². The zero-order chi connectivity index (χ0) is 15.9. The Morgan fingerprint density at radius 2 is 1.82 bits per heavy atom. The van der Waals surface area contributed by atoms with Gasteiger partial charge in [-0.2, -0.15) is 0 Å². The van der Waals surface area contributed by atoms with Crippen molar-refractivity contribution in [3.05, 3.63) is 34.3 Å². The molecule has 2 amide bonds. The Labute approximate surface area is 139 Å². The Kier molecular flexibility index (Phi) is 6.39. The molecule has 0 N–H and O–H groups in total. The van der Waals surface area contributed by atoms with Crippen molar-refractivity contribution >= 4 is 27.7 Å². The van der Waals surface area contributed by atoms with Gasteiger partial charge in [0.05, 0.1) is 18.6 Å². The van der Waals surface area contributed by atoms with Gasteiger partial charge in [-0.15, -0.1) is 0 Å². The fourth-order valence-electron chi connectivity index (χ4n) is 2.52. The zero-order valence-corrected chi connectivity index (χ0v) is 14.3. The van der Waals surface area contributed by atoms with Crippen LogP contribution in [0.15, 0.2) is 28.7 Å². The van der Waals surface area contributed by atoms with Crippen LogP contribution in [0.1, 0.15) is 23.2 Å². The molecule has 0 spiro atoms. The maximum absolute atomic E-state index is 12.6. The van der Waals surface area contributed by atoms with Gasteiger partial charge < -0.3 is 14.5 Å². The molecular formula is C16H21BrN2O3. The first-order chi connectivity index (χ1) is 10.6. The highest BCUT2D eigenvalue weighted by Crippen LogP contribution is 2.19. The van der Waals surface area contributed by atoms with E-state index in [1.807, 2.05) is 34.1 Å². The average Bonchev–Trinajstić information content (AvgIpc) is 2.78. The Morgan fingerprint density at radius 3 is 2.55 bits per heavy atom. The van der Waals surface area contributed by atoms with Crippen LogP contribution in [0.2, 0.25) is 0 Å². The molecule has 1 aromatic carbocycles. The summed E-state index contributed by atoms with van der Waals surface area (Å²) in [5.41, 5.74) is 0.668. The van der Waals surface area contributed by atoms with E-state index in [0.29, 0.717) is 44.8 Å². The van der Waals surface area contributed by atoms with Crippen LogP contribution in [0.3, 0.4) is 0 Å². The van der Waals surface area contributed by atoms with Gasteiger partial charge in [-0.05, 0) is 34.5 Å². The zero-order valence-electron chi connectivity index (χ0n) is 12.8. The maximum atomic E-state index is 12.6. The third-order valence-corrected chi connectivity index (χ3v) is 4.45. The van der Waals surface area contributed by atoms with Gasteiger partial charge in [0.2, 0.25) is 5.91 Å². The van der Waals surface area contributed by atoms with E-state index in [-0.39, 0.29) is 11.8 Å². The predicted molar refractivity (Wildman–Crippen MR) is 87.7 cm³/mol. The fourth-order valence-corrected chi connectivity index (χ4v) is 2.98. The molecule has 5 nitrogen and oxygen atoms in total. The summed E-state index contributed by atoms with van der Waals surface area (Å²) in [6.07, 6.45) is 1.20. The van der Waals surface area contributed by atoms with E-state index in [1.165, 1.54) is 0 Å². The first kappa shape index (κ1) is 17.0. The number of carbonyl (C=O) groups is 2. The molecule has 1 saturated heterocycles. The smallest absolute Gasteiger partial charge is 0.255 e. The van der Waals surface area contributed by atoms with E-state index in [1.54, 1.807) is 7.11 Å². The molecule has 22 heavy (non-hydrogen) atoms. The SMILES string of the molecule is COCCC(=O)N1CCCN(C(=O)c2ccccc2Br)CC1. The maximum Gasteiger partial charge on any atom is 0.255 e. The predicted octanol–water partition coefficient (Wildman–Crippen LogP) is 2.16. The molecule has 1 aliphatic heterocycles. The van der Waals surface area contributed by atoms with Crippen LogP contribution in [-0.2, 0) is 9.53 Å². The summed E-state index contributed by atoms with van der Waals surface area (Å²) < 4.78 is 5.75. The van der Waals surface area contributed by atoms with Crippen molar-refractivity contribution in [1.29, 1.82) is 0 Å². The fraction of sp³-hybridized carbons (Fsp3) is 0.500. The quantitative estimate of drug-likeness (QED) is 0.817. The standard InChI is InChI=1S/C16H21BrN2O3/c1-22-12-7-15(20)18-8-4-9-19(11-10-18)16(21)13-5-2-3-6-14(13)17/h2-3,5-6H,4,7-12H2,1H3. The molecule has 0 bridgehead atoms. The number of nitrogens with zero attached hydrogens (tertiary/aromatic N) is 2. The van der Waals surface area contributed by atoms with E-state index in [0.717, 1.165) is 10.9 Å². The van der Waals surface area contributed by atoms with E-state index >= 15 is 0 Å². The highest BCUT2D eigenvalue weighted by Gasteiger charge is 2.23. The molecule has 0 aromatic heterocycles. The minimum atomic E-state index is 0.0127. The number of amides is 2. The van der Waals surface area contributed by atoms with Crippen molar-refractivity contribution in [3.63, 3.8) is 0 Å². The number of halogens is 1. The Bertz CT molecular complexity index is 536. The van der Waals surface area contributed by atoms with E-state index in [9.17, 15) is 9.59 Å². The van der Waals surface area contributed by atoms with Gasteiger partial charge in [0.15, 0.2) is 0 Å². The first-order valence-electron chi connectivity index (χ1n) is 7.44. The van der Waals surface area contributed by atoms with Crippen LogP contribution < -0.4 is 0 Å². The van der Waals surface area contributed by atoms with Crippen molar-refractivity contribution in [2.24, 2.45) is 0 Å². The molecule has 1 aliphatic rings. The van der Waals surface area contributed by atoms with Crippen LogP contribution in [0, 0.1) is 0 Å². The second-order valence-electron chi connectivity index (χ2n) is 5.25. The molecule has 0 unspecified atom stereocenters. The number of benzene rings is 1. The molecule has 1 aromatic rings. The number of carbonyl (C=O) groups excluding carboxylic acids is 2. The largest absolute Gasteiger partial charge is 0.384 e. The van der Waals surface area contributed by atoms with Crippen molar-refractivity contribution in [2.45, 2.75) is 12.8 Å². The summed E-state index contributed by atoms with van der Waals surface area (Å²) in [4.78, 5) is 28.3.